The minimum atomic E-state index is -4.35. The number of thiocarbonyl (C=S) groups is 1. The van der Waals surface area contributed by atoms with Crippen molar-refractivity contribution in [2.75, 3.05) is 11.9 Å². The highest BCUT2D eigenvalue weighted by molar-refractivity contribution is 7.80. The Hall–Kier alpha value is -3.59. The minimum Gasteiger partial charge on any atom is -0.508 e. The smallest absolute Gasteiger partial charge is 0.356 e. The first-order valence-corrected chi connectivity index (χ1v) is 15.6. The quantitative estimate of drug-likeness (QED) is 0.135. The number of benzene rings is 4. The molecule has 0 amide bonds. The van der Waals surface area contributed by atoms with E-state index in [9.17, 15) is 29.0 Å². The second-order valence-corrected chi connectivity index (χ2v) is 12.4. The number of rotatable bonds is 9. The van der Waals surface area contributed by atoms with Gasteiger partial charge in [-0.3, -0.25) is 4.57 Å². The molecule has 0 aliphatic carbocycles. The van der Waals surface area contributed by atoms with Gasteiger partial charge in [0.15, 0.2) is 5.11 Å². The molecular weight excluding hydrogens is 574 g/mol. The fourth-order valence-corrected chi connectivity index (χ4v) is 6.46. The molecule has 0 saturated carbocycles. The SMILES string of the molecule is CN1C(=S)N(c2ccccc2)[C@H](c2ccc(-c3ccc(P(=O)(O)O)cc3)cc2O)[C@H]1CCCC(O)c1ccc(F)cc1. The zero-order valence-electron chi connectivity index (χ0n) is 22.9. The number of hydrogen-bond acceptors (Lipinski definition) is 4. The fourth-order valence-electron chi connectivity index (χ4n) is 5.57. The van der Waals surface area contributed by atoms with Crippen molar-refractivity contribution in [1.29, 1.82) is 0 Å². The van der Waals surface area contributed by atoms with Crippen LogP contribution >= 0.6 is 19.8 Å². The number of para-hydroxylation sites is 1. The molecule has 1 aliphatic heterocycles. The van der Waals surface area contributed by atoms with E-state index in [4.69, 9.17) is 12.2 Å². The van der Waals surface area contributed by atoms with Gasteiger partial charge >= 0.3 is 7.60 Å². The number of aliphatic hydroxyl groups is 1. The second kappa shape index (κ2) is 12.3. The molecule has 0 aromatic heterocycles. The van der Waals surface area contributed by atoms with E-state index in [1.165, 1.54) is 24.3 Å². The van der Waals surface area contributed by atoms with Crippen molar-refractivity contribution in [3.05, 3.63) is 114 Å². The van der Waals surface area contributed by atoms with Gasteiger partial charge in [0.05, 0.1) is 23.5 Å². The average Bonchev–Trinajstić information content (AvgIpc) is 3.22. The van der Waals surface area contributed by atoms with Gasteiger partial charge in [-0.1, -0.05) is 54.6 Å². The topological polar surface area (TPSA) is 104 Å². The van der Waals surface area contributed by atoms with Crippen LogP contribution in [0.1, 0.15) is 42.5 Å². The third kappa shape index (κ3) is 6.26. The van der Waals surface area contributed by atoms with Crippen molar-refractivity contribution in [3.8, 4) is 16.9 Å². The van der Waals surface area contributed by atoms with Crippen LogP contribution in [0.4, 0.5) is 10.1 Å². The molecule has 4 aromatic carbocycles. The van der Waals surface area contributed by atoms with Gasteiger partial charge in [-0.25, -0.2) is 4.39 Å². The number of phenols is 1. The molecule has 7 nitrogen and oxygen atoms in total. The molecule has 0 spiro atoms. The average molecular weight is 607 g/mol. The summed E-state index contributed by atoms with van der Waals surface area (Å²) in [6.45, 7) is 0. The summed E-state index contributed by atoms with van der Waals surface area (Å²) in [5.41, 5.74) is 3.65. The standard InChI is InChI=1S/C32H32FN2O5PS/c1-34-28(8-5-9-29(36)22-10-15-24(33)16-11-22)31(35(32(34)42)25-6-3-2-4-7-25)27-19-14-23(20-30(27)37)21-12-17-26(18-13-21)41(38,39)40/h2-4,6-7,10-20,28-29,31,36-37H,5,8-9H2,1H3,(H2,38,39,40)/t28-,29?,31-/m1/s1. The number of hydrogen-bond donors (Lipinski definition) is 4. The van der Waals surface area contributed by atoms with E-state index in [0.717, 1.165) is 5.69 Å². The van der Waals surface area contributed by atoms with E-state index in [-0.39, 0.29) is 29.0 Å². The summed E-state index contributed by atoms with van der Waals surface area (Å²) in [5.74, 6) is -0.271. The van der Waals surface area contributed by atoms with Crippen molar-refractivity contribution in [3.63, 3.8) is 0 Å². The molecular formula is C32H32FN2O5PS. The second-order valence-electron chi connectivity index (χ2n) is 10.5. The molecule has 42 heavy (non-hydrogen) atoms. The predicted molar refractivity (Wildman–Crippen MR) is 166 cm³/mol. The van der Waals surface area contributed by atoms with Gasteiger partial charge in [0.2, 0.25) is 0 Å². The molecule has 10 heteroatoms. The van der Waals surface area contributed by atoms with Gasteiger partial charge in [-0.05, 0) is 90.6 Å². The Balaban J connectivity index is 1.43. The Kier molecular flexibility index (Phi) is 8.78. The summed E-state index contributed by atoms with van der Waals surface area (Å²) in [6.07, 6.45) is 1.10. The van der Waals surface area contributed by atoms with Gasteiger partial charge < -0.3 is 29.8 Å². The number of nitrogens with zero attached hydrogens (tertiary/aromatic N) is 2. The van der Waals surface area contributed by atoms with E-state index in [2.05, 4.69) is 0 Å². The molecule has 0 radical (unpaired) electrons. The molecule has 5 rings (SSSR count). The molecule has 4 N–H and O–H groups in total. The highest BCUT2D eigenvalue weighted by Crippen LogP contribution is 2.44. The van der Waals surface area contributed by atoms with Crippen LogP contribution in [0.5, 0.6) is 5.75 Å². The number of likely N-dealkylation sites (N-methyl/N-ethyl adjacent to an activating group) is 1. The summed E-state index contributed by atoms with van der Waals surface area (Å²) in [6, 6.07) is 26.6. The molecule has 218 valence electrons. The van der Waals surface area contributed by atoms with Gasteiger partial charge in [0, 0.05) is 18.3 Å². The van der Waals surface area contributed by atoms with Crippen LogP contribution in [0.3, 0.4) is 0 Å². The first-order valence-electron chi connectivity index (χ1n) is 13.6. The van der Waals surface area contributed by atoms with Crippen molar-refractivity contribution in [2.24, 2.45) is 0 Å². The lowest BCUT2D eigenvalue weighted by molar-refractivity contribution is 0.159. The molecule has 4 aromatic rings. The van der Waals surface area contributed by atoms with E-state index < -0.39 is 13.7 Å². The monoisotopic (exact) mass is 606 g/mol. The highest BCUT2D eigenvalue weighted by Gasteiger charge is 2.43. The molecule has 3 atom stereocenters. The maximum atomic E-state index is 13.3. The van der Waals surface area contributed by atoms with E-state index in [1.54, 1.807) is 30.3 Å². The maximum Gasteiger partial charge on any atom is 0.356 e. The Labute approximate surface area is 249 Å². The zero-order chi connectivity index (χ0) is 30.0. The van der Waals surface area contributed by atoms with Crippen LogP contribution in [-0.2, 0) is 4.57 Å². The maximum absolute atomic E-state index is 13.3. The van der Waals surface area contributed by atoms with Crippen LogP contribution in [0, 0.1) is 5.82 Å². The Morgan fingerprint density at radius 1 is 0.929 bits per heavy atom. The number of phenolic OH excluding ortho intramolecular Hbond substituents is 1. The molecule has 1 aliphatic rings. The predicted octanol–water partition coefficient (Wildman–Crippen LogP) is 6.05. The summed E-state index contributed by atoms with van der Waals surface area (Å²) in [7, 11) is -2.42. The Morgan fingerprint density at radius 3 is 2.19 bits per heavy atom. The van der Waals surface area contributed by atoms with E-state index >= 15 is 0 Å². The van der Waals surface area contributed by atoms with Gasteiger partial charge in [-0.2, -0.15) is 0 Å². The van der Waals surface area contributed by atoms with Crippen molar-refractivity contribution >= 4 is 35.9 Å². The largest absolute Gasteiger partial charge is 0.508 e. The van der Waals surface area contributed by atoms with Crippen LogP contribution in [0.2, 0.25) is 0 Å². The Morgan fingerprint density at radius 2 is 1.57 bits per heavy atom. The van der Waals surface area contributed by atoms with Gasteiger partial charge in [-0.15, -0.1) is 0 Å². The molecule has 1 saturated heterocycles. The summed E-state index contributed by atoms with van der Waals surface area (Å²) in [5, 5.41) is 22.6. The van der Waals surface area contributed by atoms with Crippen molar-refractivity contribution in [1.82, 2.24) is 4.90 Å². The van der Waals surface area contributed by atoms with E-state index in [0.29, 0.717) is 46.6 Å². The normalized spacial score (nSPS) is 18.0. The first kappa shape index (κ1) is 29.9. The van der Waals surface area contributed by atoms with Crippen LogP contribution < -0.4 is 10.2 Å². The van der Waals surface area contributed by atoms with Crippen LogP contribution in [0.15, 0.2) is 97.1 Å². The third-order valence-corrected chi connectivity index (χ3v) is 9.26. The summed E-state index contributed by atoms with van der Waals surface area (Å²) < 4.78 is 24.9. The van der Waals surface area contributed by atoms with Crippen LogP contribution in [-0.4, -0.2) is 43.1 Å². The van der Waals surface area contributed by atoms with Gasteiger partial charge in [0.1, 0.15) is 11.6 Å². The van der Waals surface area contributed by atoms with E-state index in [1.807, 2.05) is 59.3 Å². The molecule has 0 bridgehead atoms. The summed E-state index contributed by atoms with van der Waals surface area (Å²) >= 11 is 5.90. The van der Waals surface area contributed by atoms with Gasteiger partial charge in [0.25, 0.3) is 0 Å². The highest BCUT2D eigenvalue weighted by atomic mass is 32.1. The number of anilines is 1. The van der Waals surface area contributed by atoms with Crippen molar-refractivity contribution < 1.29 is 29.0 Å². The third-order valence-electron chi connectivity index (χ3n) is 7.80. The number of aliphatic hydroxyl groups excluding tert-OH is 1. The van der Waals surface area contributed by atoms with Crippen molar-refractivity contribution in [2.45, 2.75) is 37.5 Å². The number of halogens is 1. The Bertz CT molecular complexity index is 1600. The zero-order valence-corrected chi connectivity index (χ0v) is 24.6. The molecule has 1 fully saturated rings. The minimum absolute atomic E-state index is 0.0690. The molecule has 1 unspecified atom stereocenters. The lowest BCUT2D eigenvalue weighted by Gasteiger charge is -2.29. The first-order chi connectivity index (χ1) is 20.0. The fraction of sp³-hybridized carbons (Fsp3) is 0.219. The lowest BCUT2D eigenvalue weighted by Crippen LogP contribution is -2.30. The summed E-state index contributed by atoms with van der Waals surface area (Å²) in [4.78, 5) is 22.9. The number of aromatic hydroxyl groups is 1. The molecule has 1 heterocycles. The van der Waals surface area contributed by atoms with Crippen LogP contribution in [0.25, 0.3) is 11.1 Å². The lowest BCUT2D eigenvalue weighted by atomic mass is 9.91.